The SMILES string of the molecule is CCN(C)c1cc(N2CCC(CC(=O)O)C2)ncn1. The van der Waals surface area contributed by atoms with Crippen LogP contribution in [0.5, 0.6) is 0 Å². The van der Waals surface area contributed by atoms with Gasteiger partial charge in [0, 0.05) is 39.2 Å². The third-order valence-corrected chi connectivity index (χ3v) is 3.58. The molecule has 0 radical (unpaired) electrons. The fraction of sp³-hybridized carbons (Fsp3) is 0.615. The zero-order valence-electron chi connectivity index (χ0n) is 11.4. The van der Waals surface area contributed by atoms with Gasteiger partial charge >= 0.3 is 5.97 Å². The number of anilines is 2. The number of aromatic nitrogens is 2. The lowest BCUT2D eigenvalue weighted by molar-refractivity contribution is -0.137. The van der Waals surface area contributed by atoms with Crippen LogP contribution in [0.15, 0.2) is 12.4 Å². The second kappa shape index (κ2) is 5.86. The molecule has 0 aromatic carbocycles. The van der Waals surface area contributed by atoms with Gasteiger partial charge in [-0.1, -0.05) is 0 Å². The molecule has 1 saturated heterocycles. The third kappa shape index (κ3) is 3.33. The highest BCUT2D eigenvalue weighted by atomic mass is 16.4. The first-order chi connectivity index (χ1) is 9.10. The number of hydrogen-bond acceptors (Lipinski definition) is 5. The first-order valence-electron chi connectivity index (χ1n) is 6.60. The van der Waals surface area contributed by atoms with Crippen LogP contribution in [-0.2, 0) is 4.79 Å². The Morgan fingerprint density at radius 2 is 2.37 bits per heavy atom. The molecule has 1 N–H and O–H groups in total. The number of aliphatic carboxylic acids is 1. The molecule has 6 heteroatoms. The van der Waals surface area contributed by atoms with Crippen molar-refractivity contribution in [3.8, 4) is 0 Å². The fourth-order valence-corrected chi connectivity index (χ4v) is 2.34. The Kier molecular flexibility index (Phi) is 4.19. The molecule has 0 saturated carbocycles. The summed E-state index contributed by atoms with van der Waals surface area (Å²) in [6, 6.07) is 1.96. The van der Waals surface area contributed by atoms with E-state index in [9.17, 15) is 4.79 Å². The molecular weight excluding hydrogens is 244 g/mol. The summed E-state index contributed by atoms with van der Waals surface area (Å²) in [4.78, 5) is 23.5. The molecule has 1 atom stereocenters. The normalized spacial score (nSPS) is 18.6. The first kappa shape index (κ1) is 13.6. The zero-order chi connectivity index (χ0) is 13.8. The second-order valence-electron chi connectivity index (χ2n) is 4.95. The summed E-state index contributed by atoms with van der Waals surface area (Å²) >= 11 is 0. The van der Waals surface area contributed by atoms with Crippen molar-refractivity contribution in [3.05, 3.63) is 12.4 Å². The number of nitrogens with zero attached hydrogens (tertiary/aromatic N) is 4. The van der Waals surface area contributed by atoms with Gasteiger partial charge in [-0.2, -0.15) is 0 Å². The third-order valence-electron chi connectivity index (χ3n) is 3.58. The van der Waals surface area contributed by atoms with Crippen molar-refractivity contribution in [2.75, 3.05) is 36.5 Å². The monoisotopic (exact) mass is 264 g/mol. The van der Waals surface area contributed by atoms with Crippen LogP contribution in [0.2, 0.25) is 0 Å². The van der Waals surface area contributed by atoms with Crippen molar-refractivity contribution >= 4 is 17.6 Å². The van der Waals surface area contributed by atoms with Gasteiger partial charge in [0.15, 0.2) is 0 Å². The van der Waals surface area contributed by atoms with Crippen LogP contribution in [-0.4, -0.2) is 47.7 Å². The maximum absolute atomic E-state index is 10.7. The van der Waals surface area contributed by atoms with Crippen molar-refractivity contribution in [1.29, 1.82) is 0 Å². The Bertz CT molecular complexity index is 452. The summed E-state index contributed by atoms with van der Waals surface area (Å²) in [7, 11) is 1.99. The average molecular weight is 264 g/mol. The molecule has 1 unspecified atom stereocenters. The molecule has 1 aromatic heterocycles. The van der Waals surface area contributed by atoms with Gasteiger partial charge in [-0.15, -0.1) is 0 Å². The first-order valence-corrected chi connectivity index (χ1v) is 6.60. The summed E-state index contributed by atoms with van der Waals surface area (Å²) < 4.78 is 0. The van der Waals surface area contributed by atoms with E-state index >= 15 is 0 Å². The fourth-order valence-electron chi connectivity index (χ4n) is 2.34. The van der Waals surface area contributed by atoms with E-state index in [0.29, 0.717) is 0 Å². The van der Waals surface area contributed by atoms with Crippen molar-refractivity contribution in [1.82, 2.24) is 9.97 Å². The maximum Gasteiger partial charge on any atom is 0.303 e. The molecule has 0 amide bonds. The lowest BCUT2D eigenvalue weighted by atomic mass is 10.1. The largest absolute Gasteiger partial charge is 0.481 e. The minimum Gasteiger partial charge on any atom is -0.481 e. The summed E-state index contributed by atoms with van der Waals surface area (Å²) in [5, 5.41) is 8.83. The Morgan fingerprint density at radius 3 is 3.05 bits per heavy atom. The molecule has 19 heavy (non-hydrogen) atoms. The summed E-state index contributed by atoms with van der Waals surface area (Å²) in [6.45, 7) is 4.58. The summed E-state index contributed by atoms with van der Waals surface area (Å²) in [5.41, 5.74) is 0. The van der Waals surface area contributed by atoms with Crippen molar-refractivity contribution in [2.24, 2.45) is 5.92 Å². The van der Waals surface area contributed by atoms with E-state index in [0.717, 1.165) is 37.7 Å². The Labute approximate surface area is 113 Å². The molecular formula is C13H20N4O2. The second-order valence-corrected chi connectivity index (χ2v) is 4.95. The van der Waals surface area contributed by atoms with Gasteiger partial charge < -0.3 is 14.9 Å². The maximum atomic E-state index is 10.7. The average Bonchev–Trinajstić information content (AvgIpc) is 2.85. The van der Waals surface area contributed by atoms with Crippen LogP contribution in [0, 0.1) is 5.92 Å². The number of hydrogen-bond donors (Lipinski definition) is 1. The Morgan fingerprint density at radius 1 is 1.58 bits per heavy atom. The molecule has 2 rings (SSSR count). The highest BCUT2D eigenvalue weighted by Crippen LogP contribution is 2.25. The van der Waals surface area contributed by atoms with Gasteiger partial charge in [0.2, 0.25) is 0 Å². The van der Waals surface area contributed by atoms with E-state index in [1.807, 2.05) is 13.1 Å². The van der Waals surface area contributed by atoms with Gasteiger partial charge in [-0.25, -0.2) is 9.97 Å². The zero-order valence-corrected chi connectivity index (χ0v) is 11.4. The van der Waals surface area contributed by atoms with Gasteiger partial charge in [0.25, 0.3) is 0 Å². The van der Waals surface area contributed by atoms with Crippen molar-refractivity contribution in [2.45, 2.75) is 19.8 Å². The van der Waals surface area contributed by atoms with Crippen LogP contribution >= 0.6 is 0 Å². The molecule has 0 bridgehead atoms. The van der Waals surface area contributed by atoms with Crippen LogP contribution < -0.4 is 9.80 Å². The number of carboxylic acids is 1. The van der Waals surface area contributed by atoms with E-state index in [2.05, 4.69) is 26.7 Å². The van der Waals surface area contributed by atoms with Gasteiger partial charge in [0.1, 0.15) is 18.0 Å². The van der Waals surface area contributed by atoms with E-state index in [4.69, 9.17) is 5.11 Å². The molecule has 1 aromatic rings. The molecule has 1 aliphatic heterocycles. The van der Waals surface area contributed by atoms with Crippen LogP contribution in [0.4, 0.5) is 11.6 Å². The van der Waals surface area contributed by atoms with E-state index < -0.39 is 5.97 Å². The quantitative estimate of drug-likeness (QED) is 0.862. The van der Waals surface area contributed by atoms with Crippen molar-refractivity contribution < 1.29 is 9.90 Å². The van der Waals surface area contributed by atoms with E-state index in [1.54, 1.807) is 6.33 Å². The number of carboxylic acid groups (broad SMARTS) is 1. The highest BCUT2D eigenvalue weighted by Gasteiger charge is 2.25. The highest BCUT2D eigenvalue weighted by molar-refractivity contribution is 5.67. The summed E-state index contributed by atoms with van der Waals surface area (Å²) in [5.74, 6) is 1.29. The lowest BCUT2D eigenvalue weighted by Crippen LogP contribution is -2.23. The molecule has 0 spiro atoms. The van der Waals surface area contributed by atoms with Crippen LogP contribution in [0.1, 0.15) is 19.8 Å². The number of rotatable bonds is 5. The van der Waals surface area contributed by atoms with E-state index in [-0.39, 0.29) is 12.3 Å². The molecule has 2 heterocycles. The van der Waals surface area contributed by atoms with Crippen LogP contribution in [0.3, 0.4) is 0 Å². The Balaban J connectivity index is 2.05. The van der Waals surface area contributed by atoms with Crippen molar-refractivity contribution in [3.63, 3.8) is 0 Å². The van der Waals surface area contributed by atoms with Crippen LogP contribution in [0.25, 0.3) is 0 Å². The summed E-state index contributed by atoms with van der Waals surface area (Å²) in [6.07, 6.45) is 2.72. The predicted octanol–water partition coefficient (Wildman–Crippen LogP) is 1.23. The molecule has 1 aliphatic rings. The molecule has 104 valence electrons. The Hall–Kier alpha value is -1.85. The minimum atomic E-state index is -0.721. The molecule has 6 nitrogen and oxygen atoms in total. The van der Waals surface area contributed by atoms with Gasteiger partial charge in [-0.3, -0.25) is 4.79 Å². The molecule has 0 aliphatic carbocycles. The number of carbonyl (C=O) groups is 1. The van der Waals surface area contributed by atoms with Gasteiger partial charge in [0.05, 0.1) is 0 Å². The predicted molar refractivity (Wildman–Crippen MR) is 73.5 cm³/mol. The minimum absolute atomic E-state index is 0.222. The lowest BCUT2D eigenvalue weighted by Gasteiger charge is -2.20. The smallest absolute Gasteiger partial charge is 0.303 e. The molecule has 1 fully saturated rings. The topological polar surface area (TPSA) is 69.6 Å². The van der Waals surface area contributed by atoms with Gasteiger partial charge in [-0.05, 0) is 19.3 Å². The van der Waals surface area contributed by atoms with E-state index in [1.165, 1.54) is 0 Å². The standard InChI is InChI=1S/C13H20N4O2/c1-3-16(2)11-7-12(15-9-14-11)17-5-4-10(8-17)6-13(18)19/h7,9-10H,3-6,8H2,1-2H3,(H,18,19).